The van der Waals surface area contributed by atoms with Crippen LogP contribution in [-0.4, -0.2) is 52.5 Å². The minimum atomic E-state index is -0.426. The molecule has 26 heavy (non-hydrogen) atoms. The Labute approximate surface area is 161 Å². The fourth-order valence-electron chi connectivity index (χ4n) is 3.00. The van der Waals surface area contributed by atoms with Gasteiger partial charge in [-0.2, -0.15) is 0 Å². The van der Waals surface area contributed by atoms with Crippen molar-refractivity contribution >= 4 is 17.9 Å². The van der Waals surface area contributed by atoms with Gasteiger partial charge in [-0.1, -0.05) is 0 Å². The van der Waals surface area contributed by atoms with Crippen molar-refractivity contribution in [3.05, 3.63) is 18.1 Å². The Balaban J connectivity index is 1.60. The van der Waals surface area contributed by atoms with Gasteiger partial charge in [0.15, 0.2) is 0 Å². The van der Waals surface area contributed by atoms with E-state index in [0.29, 0.717) is 12.5 Å². The van der Waals surface area contributed by atoms with E-state index in [-0.39, 0.29) is 6.09 Å². The SMILES string of the molecule is CSc1nccnc1COCCCC1CCN(C(=O)OC(C)(C)C)CC1. The molecule has 1 fully saturated rings. The van der Waals surface area contributed by atoms with E-state index >= 15 is 0 Å². The monoisotopic (exact) mass is 381 g/mol. The Morgan fingerprint density at radius 2 is 1.96 bits per heavy atom. The highest BCUT2D eigenvalue weighted by atomic mass is 32.2. The average Bonchev–Trinajstić information content (AvgIpc) is 2.61. The lowest BCUT2D eigenvalue weighted by atomic mass is 9.92. The molecule has 0 saturated carbocycles. The molecule has 1 saturated heterocycles. The highest BCUT2D eigenvalue weighted by Gasteiger charge is 2.26. The van der Waals surface area contributed by atoms with Gasteiger partial charge >= 0.3 is 6.09 Å². The number of likely N-dealkylation sites (tertiary alicyclic amines) is 1. The molecule has 1 aliphatic rings. The molecule has 0 aliphatic carbocycles. The second-order valence-electron chi connectivity index (χ2n) is 7.62. The van der Waals surface area contributed by atoms with E-state index in [1.807, 2.05) is 31.9 Å². The summed E-state index contributed by atoms with van der Waals surface area (Å²) < 4.78 is 11.2. The molecule has 0 N–H and O–H groups in total. The summed E-state index contributed by atoms with van der Waals surface area (Å²) in [6.45, 7) is 8.54. The first kappa shape index (κ1) is 21.0. The predicted molar refractivity (Wildman–Crippen MR) is 103 cm³/mol. The van der Waals surface area contributed by atoms with Crippen LogP contribution in [0.3, 0.4) is 0 Å². The Kier molecular flexibility index (Phi) is 8.15. The molecule has 1 aliphatic heterocycles. The fraction of sp³-hybridized carbons (Fsp3) is 0.737. The number of ether oxygens (including phenoxy) is 2. The summed E-state index contributed by atoms with van der Waals surface area (Å²) in [4.78, 5) is 22.5. The highest BCUT2D eigenvalue weighted by molar-refractivity contribution is 7.98. The summed E-state index contributed by atoms with van der Waals surface area (Å²) in [5, 5.41) is 0.932. The lowest BCUT2D eigenvalue weighted by Gasteiger charge is -2.33. The van der Waals surface area contributed by atoms with Crippen molar-refractivity contribution in [3.63, 3.8) is 0 Å². The van der Waals surface area contributed by atoms with Crippen LogP contribution in [0.1, 0.15) is 52.1 Å². The predicted octanol–water partition coefficient (Wildman–Crippen LogP) is 4.14. The number of thioether (sulfide) groups is 1. The van der Waals surface area contributed by atoms with Crippen LogP contribution >= 0.6 is 11.8 Å². The van der Waals surface area contributed by atoms with E-state index in [1.54, 1.807) is 24.2 Å². The van der Waals surface area contributed by atoms with Crippen LogP contribution in [0.5, 0.6) is 0 Å². The molecule has 0 radical (unpaired) electrons. The van der Waals surface area contributed by atoms with Gasteiger partial charge < -0.3 is 14.4 Å². The number of hydrogen-bond donors (Lipinski definition) is 0. The van der Waals surface area contributed by atoms with Gasteiger partial charge in [0.2, 0.25) is 0 Å². The third-order valence-corrected chi connectivity index (χ3v) is 5.06. The second kappa shape index (κ2) is 10.1. The molecule has 0 aromatic carbocycles. The summed E-state index contributed by atoms with van der Waals surface area (Å²) in [5.74, 6) is 0.663. The zero-order valence-corrected chi connectivity index (χ0v) is 17.2. The molecule has 0 unspecified atom stereocenters. The molecule has 1 aromatic heterocycles. The standard InChI is InChI=1S/C19H31N3O3S/c1-19(2,3)25-18(23)22-11-7-15(8-12-22)6-5-13-24-14-16-17(26-4)21-10-9-20-16/h9-10,15H,5-8,11-14H2,1-4H3. The summed E-state index contributed by atoms with van der Waals surface area (Å²) in [6.07, 6.45) is 9.48. The number of carbonyl (C=O) groups excluding carboxylic acids is 1. The normalized spacial score (nSPS) is 15.9. The Morgan fingerprint density at radius 1 is 1.27 bits per heavy atom. The van der Waals surface area contributed by atoms with E-state index in [9.17, 15) is 4.79 Å². The van der Waals surface area contributed by atoms with Gasteiger partial charge in [-0.3, -0.25) is 4.98 Å². The summed E-state index contributed by atoms with van der Waals surface area (Å²) in [6, 6.07) is 0. The minimum Gasteiger partial charge on any atom is -0.444 e. The first-order valence-electron chi connectivity index (χ1n) is 9.28. The highest BCUT2D eigenvalue weighted by Crippen LogP contribution is 2.23. The van der Waals surface area contributed by atoms with E-state index in [4.69, 9.17) is 9.47 Å². The molecule has 2 heterocycles. The summed E-state index contributed by atoms with van der Waals surface area (Å²) in [7, 11) is 0. The second-order valence-corrected chi connectivity index (χ2v) is 8.41. The average molecular weight is 382 g/mol. The van der Waals surface area contributed by atoms with Crippen LogP contribution in [0.15, 0.2) is 17.4 Å². The molecule has 0 atom stereocenters. The third kappa shape index (κ3) is 7.11. The van der Waals surface area contributed by atoms with Crippen molar-refractivity contribution in [2.75, 3.05) is 26.0 Å². The molecule has 0 spiro atoms. The number of hydrogen-bond acceptors (Lipinski definition) is 6. The third-order valence-electron chi connectivity index (χ3n) is 4.34. The zero-order valence-electron chi connectivity index (χ0n) is 16.4. The lowest BCUT2D eigenvalue weighted by molar-refractivity contribution is 0.0176. The summed E-state index contributed by atoms with van der Waals surface area (Å²) in [5.41, 5.74) is 0.482. The van der Waals surface area contributed by atoms with Crippen LogP contribution in [0.2, 0.25) is 0 Å². The van der Waals surface area contributed by atoms with Gasteiger partial charge in [0.25, 0.3) is 0 Å². The van der Waals surface area contributed by atoms with E-state index in [0.717, 1.165) is 56.1 Å². The van der Waals surface area contributed by atoms with Gasteiger partial charge in [-0.25, -0.2) is 9.78 Å². The van der Waals surface area contributed by atoms with Crippen LogP contribution in [0, 0.1) is 5.92 Å². The van der Waals surface area contributed by atoms with Gasteiger partial charge in [-0.05, 0) is 58.6 Å². The van der Waals surface area contributed by atoms with Crippen molar-refractivity contribution < 1.29 is 14.3 Å². The minimum absolute atomic E-state index is 0.187. The van der Waals surface area contributed by atoms with Crippen LogP contribution in [0.25, 0.3) is 0 Å². The topological polar surface area (TPSA) is 64.6 Å². The molecule has 0 bridgehead atoms. The Morgan fingerprint density at radius 3 is 2.62 bits per heavy atom. The molecule has 7 heteroatoms. The number of amides is 1. The maximum atomic E-state index is 12.1. The van der Waals surface area contributed by atoms with Gasteiger partial charge in [-0.15, -0.1) is 11.8 Å². The van der Waals surface area contributed by atoms with E-state index in [2.05, 4.69) is 9.97 Å². The quantitative estimate of drug-likeness (QED) is 0.522. The van der Waals surface area contributed by atoms with Crippen LogP contribution < -0.4 is 0 Å². The number of aromatic nitrogens is 2. The van der Waals surface area contributed by atoms with Crippen molar-refractivity contribution in [1.29, 1.82) is 0 Å². The number of rotatable bonds is 7. The van der Waals surface area contributed by atoms with Gasteiger partial charge in [0.1, 0.15) is 10.6 Å². The maximum absolute atomic E-state index is 12.1. The molecular formula is C19H31N3O3S. The molecule has 1 aromatic rings. The van der Waals surface area contributed by atoms with E-state index in [1.165, 1.54) is 0 Å². The van der Waals surface area contributed by atoms with Crippen molar-refractivity contribution in [2.24, 2.45) is 5.92 Å². The number of piperidine rings is 1. The molecular weight excluding hydrogens is 350 g/mol. The Hall–Kier alpha value is -1.34. The van der Waals surface area contributed by atoms with Crippen LogP contribution in [-0.2, 0) is 16.1 Å². The van der Waals surface area contributed by atoms with Crippen molar-refractivity contribution in [1.82, 2.24) is 14.9 Å². The van der Waals surface area contributed by atoms with Gasteiger partial charge in [0.05, 0.1) is 12.3 Å². The summed E-state index contributed by atoms with van der Waals surface area (Å²) >= 11 is 1.59. The van der Waals surface area contributed by atoms with Gasteiger partial charge in [0, 0.05) is 32.1 Å². The Bertz CT molecular complexity index is 569. The number of carbonyl (C=O) groups is 1. The lowest BCUT2D eigenvalue weighted by Crippen LogP contribution is -2.41. The first-order chi connectivity index (χ1) is 12.4. The molecule has 2 rings (SSSR count). The molecule has 6 nitrogen and oxygen atoms in total. The fourth-order valence-corrected chi connectivity index (χ4v) is 3.51. The van der Waals surface area contributed by atoms with Crippen LogP contribution in [0.4, 0.5) is 4.79 Å². The first-order valence-corrected chi connectivity index (χ1v) is 10.5. The maximum Gasteiger partial charge on any atom is 0.410 e. The molecule has 146 valence electrons. The molecule has 1 amide bonds. The smallest absolute Gasteiger partial charge is 0.410 e. The number of nitrogens with zero attached hydrogens (tertiary/aromatic N) is 3. The zero-order chi connectivity index (χ0) is 19.0. The van der Waals surface area contributed by atoms with Crippen molar-refractivity contribution in [3.8, 4) is 0 Å². The van der Waals surface area contributed by atoms with E-state index < -0.39 is 5.60 Å². The van der Waals surface area contributed by atoms with Crippen molar-refractivity contribution in [2.45, 2.75) is 63.7 Å². The largest absolute Gasteiger partial charge is 0.444 e.